The van der Waals surface area contributed by atoms with E-state index in [-0.39, 0.29) is 24.1 Å². The van der Waals surface area contributed by atoms with Gasteiger partial charge in [0.1, 0.15) is 17.2 Å². The summed E-state index contributed by atoms with van der Waals surface area (Å²) in [6.07, 6.45) is 1.72. The number of ketones is 1. The molecular formula is C29H27BrN2O5. The van der Waals surface area contributed by atoms with E-state index in [1.807, 2.05) is 25.1 Å². The number of carbonyl (C=O) groups is 1. The Hall–Kier alpha value is -3.33. The van der Waals surface area contributed by atoms with Crippen LogP contribution in [0.15, 0.2) is 58.8 Å². The maximum absolute atomic E-state index is 13.5. The third-order valence-electron chi connectivity index (χ3n) is 7.09. The van der Waals surface area contributed by atoms with Crippen LogP contribution < -0.4 is 14.4 Å². The van der Waals surface area contributed by atoms with Crippen molar-refractivity contribution in [3.8, 4) is 17.2 Å². The number of carbonyl (C=O) groups excluding carboxylic acids is 1. The van der Waals surface area contributed by atoms with Gasteiger partial charge in [-0.05, 0) is 48.9 Å². The summed E-state index contributed by atoms with van der Waals surface area (Å²) >= 11 is 3.53. The Bertz CT molecular complexity index is 1400. The Morgan fingerprint density at radius 1 is 1.05 bits per heavy atom. The molecule has 1 fully saturated rings. The SMILES string of the molecule is Cc1cc(O)c(CN2CCN(c3ccccc3)CC2)c2c1C(=O)/C(=C/c1cc(Br)cc3c1OCOC3)O2. The molecule has 0 aliphatic carbocycles. The van der Waals surface area contributed by atoms with Crippen LogP contribution in [-0.2, 0) is 17.9 Å². The highest BCUT2D eigenvalue weighted by atomic mass is 79.9. The topological polar surface area (TPSA) is 71.5 Å². The van der Waals surface area contributed by atoms with E-state index < -0.39 is 0 Å². The number of para-hydroxylation sites is 1. The molecule has 0 spiro atoms. The summed E-state index contributed by atoms with van der Waals surface area (Å²) in [6.45, 7) is 6.40. The van der Waals surface area contributed by atoms with Crippen molar-refractivity contribution in [2.45, 2.75) is 20.1 Å². The van der Waals surface area contributed by atoms with Crippen molar-refractivity contribution < 1.29 is 24.1 Å². The van der Waals surface area contributed by atoms with Crippen molar-refractivity contribution in [1.29, 1.82) is 0 Å². The molecule has 0 bridgehead atoms. The number of rotatable bonds is 4. The fourth-order valence-electron chi connectivity index (χ4n) is 5.22. The van der Waals surface area contributed by atoms with Crippen LogP contribution in [-0.4, -0.2) is 48.8 Å². The maximum atomic E-state index is 13.5. The number of hydrogen-bond acceptors (Lipinski definition) is 7. The smallest absolute Gasteiger partial charge is 0.232 e. The fraction of sp³-hybridized carbons (Fsp3) is 0.276. The van der Waals surface area contributed by atoms with E-state index in [1.54, 1.807) is 12.1 Å². The van der Waals surface area contributed by atoms with Crippen LogP contribution in [0.3, 0.4) is 0 Å². The van der Waals surface area contributed by atoms with Crippen LogP contribution in [0.4, 0.5) is 5.69 Å². The maximum Gasteiger partial charge on any atom is 0.232 e. The molecule has 0 atom stereocenters. The van der Waals surface area contributed by atoms with E-state index in [1.165, 1.54) is 5.69 Å². The van der Waals surface area contributed by atoms with Crippen molar-refractivity contribution in [3.05, 3.63) is 86.6 Å². The molecule has 1 N–H and O–H groups in total. The number of phenolic OH excluding ortho intramolecular Hbond substituents is 1. The molecule has 1 saturated heterocycles. The van der Waals surface area contributed by atoms with Crippen molar-refractivity contribution in [3.63, 3.8) is 0 Å². The summed E-state index contributed by atoms with van der Waals surface area (Å²) in [7, 11) is 0. The van der Waals surface area contributed by atoms with Gasteiger partial charge in [0.2, 0.25) is 5.78 Å². The van der Waals surface area contributed by atoms with E-state index in [9.17, 15) is 9.90 Å². The number of nitrogens with zero attached hydrogens (tertiary/aromatic N) is 2. The van der Waals surface area contributed by atoms with Gasteiger partial charge in [-0.3, -0.25) is 9.69 Å². The van der Waals surface area contributed by atoms with Crippen LogP contribution in [0.2, 0.25) is 0 Å². The van der Waals surface area contributed by atoms with Crippen LogP contribution in [0.5, 0.6) is 17.2 Å². The van der Waals surface area contributed by atoms with Gasteiger partial charge < -0.3 is 24.2 Å². The lowest BCUT2D eigenvalue weighted by molar-refractivity contribution is -0.0165. The van der Waals surface area contributed by atoms with Crippen molar-refractivity contribution in [2.75, 3.05) is 37.9 Å². The summed E-state index contributed by atoms with van der Waals surface area (Å²) < 4.78 is 18.2. The molecule has 0 aromatic heterocycles. The molecule has 3 aromatic carbocycles. The van der Waals surface area contributed by atoms with Gasteiger partial charge in [-0.1, -0.05) is 34.1 Å². The molecule has 6 rings (SSSR count). The predicted molar refractivity (Wildman–Crippen MR) is 144 cm³/mol. The lowest BCUT2D eigenvalue weighted by Crippen LogP contribution is -2.46. The van der Waals surface area contributed by atoms with E-state index in [0.29, 0.717) is 41.3 Å². The summed E-state index contributed by atoms with van der Waals surface area (Å²) in [4.78, 5) is 18.1. The van der Waals surface area contributed by atoms with Crippen LogP contribution in [0.1, 0.15) is 32.6 Å². The lowest BCUT2D eigenvalue weighted by Gasteiger charge is -2.36. The van der Waals surface area contributed by atoms with Crippen molar-refractivity contribution >= 4 is 33.5 Å². The number of anilines is 1. The number of allylic oxidation sites excluding steroid dienone is 1. The molecule has 3 aliphatic heterocycles. The first-order valence-corrected chi connectivity index (χ1v) is 13.1. The number of ether oxygens (including phenoxy) is 3. The Kier molecular flexibility index (Phi) is 6.40. The molecule has 8 heteroatoms. The number of Topliss-reactive ketones (excluding diaryl/α,β-unsaturated/α-hetero) is 1. The van der Waals surface area contributed by atoms with Crippen molar-refractivity contribution in [2.24, 2.45) is 0 Å². The number of phenols is 1. The number of hydrogen-bond donors (Lipinski definition) is 1. The van der Waals surface area contributed by atoms with Gasteiger partial charge in [0.05, 0.1) is 17.7 Å². The molecule has 3 aliphatic rings. The molecule has 0 unspecified atom stereocenters. The minimum atomic E-state index is -0.191. The number of fused-ring (bicyclic) bond motifs is 2. The van der Waals surface area contributed by atoms with E-state index in [2.05, 4.69) is 50.0 Å². The van der Waals surface area contributed by atoms with E-state index in [4.69, 9.17) is 14.2 Å². The molecular weight excluding hydrogens is 536 g/mol. The zero-order valence-electron chi connectivity index (χ0n) is 20.5. The molecule has 37 heavy (non-hydrogen) atoms. The zero-order valence-corrected chi connectivity index (χ0v) is 22.1. The zero-order chi connectivity index (χ0) is 25.5. The largest absolute Gasteiger partial charge is 0.507 e. The number of piperazine rings is 1. The Balaban J connectivity index is 1.27. The summed E-state index contributed by atoms with van der Waals surface area (Å²) in [5.74, 6) is 1.31. The van der Waals surface area contributed by atoms with Crippen LogP contribution in [0.25, 0.3) is 6.08 Å². The van der Waals surface area contributed by atoms with Gasteiger partial charge in [-0.25, -0.2) is 0 Å². The summed E-state index contributed by atoms with van der Waals surface area (Å²) in [5, 5.41) is 10.9. The van der Waals surface area contributed by atoms with E-state index in [0.717, 1.165) is 41.8 Å². The second-order valence-electron chi connectivity index (χ2n) is 9.53. The minimum Gasteiger partial charge on any atom is -0.507 e. The average molecular weight is 563 g/mol. The Labute approximate surface area is 224 Å². The number of aryl methyl sites for hydroxylation is 1. The number of halogens is 1. The molecule has 0 amide bonds. The molecule has 0 saturated carbocycles. The van der Waals surface area contributed by atoms with Gasteiger partial charge in [-0.2, -0.15) is 0 Å². The quantitative estimate of drug-likeness (QED) is 0.434. The van der Waals surface area contributed by atoms with Crippen molar-refractivity contribution in [1.82, 2.24) is 4.90 Å². The molecule has 3 aromatic rings. The second kappa shape index (κ2) is 9.85. The van der Waals surface area contributed by atoms with Gasteiger partial charge in [0, 0.05) is 54.0 Å². The van der Waals surface area contributed by atoms with Crippen LogP contribution in [0, 0.1) is 6.92 Å². The summed E-state index contributed by atoms with van der Waals surface area (Å²) in [5.41, 5.74) is 4.71. The second-order valence-corrected chi connectivity index (χ2v) is 10.4. The monoisotopic (exact) mass is 562 g/mol. The normalized spacial score (nSPS) is 18.4. The van der Waals surface area contributed by atoms with E-state index >= 15 is 0 Å². The molecule has 7 nitrogen and oxygen atoms in total. The Morgan fingerprint density at radius 3 is 2.62 bits per heavy atom. The number of aromatic hydroxyl groups is 1. The third-order valence-corrected chi connectivity index (χ3v) is 7.54. The highest BCUT2D eigenvalue weighted by molar-refractivity contribution is 9.10. The third kappa shape index (κ3) is 4.61. The lowest BCUT2D eigenvalue weighted by atomic mass is 9.98. The molecule has 190 valence electrons. The van der Waals surface area contributed by atoms with Gasteiger partial charge in [0.25, 0.3) is 0 Å². The predicted octanol–water partition coefficient (Wildman–Crippen LogP) is 5.27. The molecule has 3 heterocycles. The van der Waals surface area contributed by atoms with Gasteiger partial charge >= 0.3 is 0 Å². The fourth-order valence-corrected chi connectivity index (χ4v) is 5.74. The molecule has 0 radical (unpaired) electrons. The first-order chi connectivity index (χ1) is 18.0. The number of benzene rings is 3. The standard InChI is InChI=1S/C29H27BrN2O5/c1-18-11-24(33)23(15-31-7-9-32(10-8-31)22-5-3-2-4-6-22)29-26(18)27(34)25(37-29)14-19-12-21(30)13-20-16-35-17-36-28(19)20/h2-6,11-14,33H,7-10,15-17H2,1H3/b25-14-. The first kappa shape index (κ1) is 24.0. The van der Waals surface area contributed by atoms with Crippen LogP contribution >= 0.6 is 15.9 Å². The highest BCUT2D eigenvalue weighted by Crippen LogP contribution is 2.43. The van der Waals surface area contributed by atoms with Gasteiger partial charge in [-0.15, -0.1) is 0 Å². The first-order valence-electron chi connectivity index (χ1n) is 12.3. The van der Waals surface area contributed by atoms with Gasteiger partial charge in [0.15, 0.2) is 12.6 Å². The average Bonchev–Trinajstić information content (AvgIpc) is 3.23. The summed E-state index contributed by atoms with van der Waals surface area (Å²) in [6, 6.07) is 15.9. The minimum absolute atomic E-state index is 0.149. The Morgan fingerprint density at radius 2 is 1.84 bits per heavy atom. The highest BCUT2D eigenvalue weighted by Gasteiger charge is 2.34.